The molecule has 1 unspecified atom stereocenters. The van der Waals surface area contributed by atoms with Gasteiger partial charge in [0.05, 0.1) is 0 Å². The molecule has 1 fully saturated rings. The summed E-state index contributed by atoms with van der Waals surface area (Å²) < 4.78 is 29.0. The fourth-order valence-corrected chi connectivity index (χ4v) is 3.63. The number of aliphatic imine (C=N–C) groups is 1. The highest BCUT2D eigenvalue weighted by atomic mass is 32.2. The molecule has 0 bridgehead atoms. The van der Waals surface area contributed by atoms with E-state index in [2.05, 4.69) is 31.5 Å². The van der Waals surface area contributed by atoms with E-state index in [1.807, 2.05) is 23.9 Å². The number of unbranched alkanes of at least 4 members (excludes halogenated alkanes) is 1. The van der Waals surface area contributed by atoms with Crippen molar-refractivity contribution in [2.24, 2.45) is 4.99 Å². The van der Waals surface area contributed by atoms with Crippen LogP contribution in [0.4, 0.5) is 14.5 Å². The molecule has 1 aliphatic heterocycles. The molecule has 1 aliphatic rings. The topological polar surface area (TPSA) is 48.9 Å². The van der Waals surface area contributed by atoms with Crippen LogP contribution >= 0.6 is 11.8 Å². The predicted octanol–water partition coefficient (Wildman–Crippen LogP) is 3.57. The average molecular weight is 401 g/mol. The summed E-state index contributed by atoms with van der Waals surface area (Å²) in [7, 11) is 1.79. The van der Waals surface area contributed by atoms with E-state index >= 15 is 0 Å². The minimum atomic E-state index is -2.79. The average Bonchev–Trinajstić information content (AvgIpc) is 2.67. The normalized spacial score (nSPS) is 17.9. The fourth-order valence-electron chi connectivity index (χ4n) is 3.13. The Balaban J connectivity index is 1.82. The zero-order chi connectivity index (χ0) is 19.5. The molecule has 2 N–H and O–H groups in total. The zero-order valence-electron chi connectivity index (χ0n) is 16.1. The molecule has 0 saturated carbocycles. The standard InChI is InChI=1S/C19H30F2N4OS/c1-22-19(23-11-3-4-13-27-2)24-15-6-5-12-25(14-15)16-7-9-17(10-8-16)26-18(20)21/h7-10,15,18H,3-6,11-14H2,1-2H3,(H2,22,23,24). The van der Waals surface area contributed by atoms with E-state index in [1.165, 1.54) is 12.2 Å². The molecule has 1 saturated heterocycles. The van der Waals surface area contributed by atoms with Crippen molar-refractivity contribution in [3.05, 3.63) is 24.3 Å². The Morgan fingerprint density at radius 2 is 2.11 bits per heavy atom. The van der Waals surface area contributed by atoms with Gasteiger partial charge in [-0.1, -0.05) is 0 Å². The van der Waals surface area contributed by atoms with Crippen LogP contribution in [0, 0.1) is 0 Å². The number of benzene rings is 1. The third-order valence-corrected chi connectivity index (χ3v) is 5.18. The molecule has 27 heavy (non-hydrogen) atoms. The third-order valence-electron chi connectivity index (χ3n) is 4.48. The van der Waals surface area contributed by atoms with Gasteiger partial charge in [-0.3, -0.25) is 4.99 Å². The molecule has 1 aromatic carbocycles. The summed E-state index contributed by atoms with van der Waals surface area (Å²) >= 11 is 1.87. The van der Waals surface area contributed by atoms with E-state index in [1.54, 1.807) is 19.2 Å². The van der Waals surface area contributed by atoms with Crippen LogP contribution in [0.25, 0.3) is 0 Å². The lowest BCUT2D eigenvalue weighted by molar-refractivity contribution is -0.0498. The van der Waals surface area contributed by atoms with Gasteiger partial charge in [0, 0.05) is 38.4 Å². The summed E-state index contributed by atoms with van der Waals surface area (Å²) in [6.45, 7) is -0.0716. The van der Waals surface area contributed by atoms with Crippen molar-refractivity contribution in [2.75, 3.05) is 43.6 Å². The van der Waals surface area contributed by atoms with Crippen molar-refractivity contribution in [2.45, 2.75) is 38.3 Å². The number of ether oxygens (including phenoxy) is 1. The number of anilines is 1. The number of hydrogen-bond acceptors (Lipinski definition) is 4. The summed E-state index contributed by atoms with van der Waals surface area (Å²) in [6, 6.07) is 7.15. The number of nitrogens with zero attached hydrogens (tertiary/aromatic N) is 2. The van der Waals surface area contributed by atoms with Gasteiger partial charge in [0.1, 0.15) is 5.75 Å². The molecule has 0 aliphatic carbocycles. The molecular weight excluding hydrogens is 370 g/mol. The van der Waals surface area contributed by atoms with Gasteiger partial charge in [-0.2, -0.15) is 20.5 Å². The predicted molar refractivity (Wildman–Crippen MR) is 110 cm³/mol. The smallest absolute Gasteiger partial charge is 0.387 e. The maximum absolute atomic E-state index is 12.3. The molecule has 1 heterocycles. The molecule has 1 aromatic rings. The first kappa shape index (κ1) is 21.6. The molecule has 0 radical (unpaired) electrons. The van der Waals surface area contributed by atoms with E-state index in [-0.39, 0.29) is 5.75 Å². The molecule has 0 aromatic heterocycles. The molecule has 5 nitrogen and oxygen atoms in total. The molecule has 1 atom stereocenters. The highest BCUT2D eigenvalue weighted by Gasteiger charge is 2.21. The van der Waals surface area contributed by atoms with Crippen molar-refractivity contribution in [3.63, 3.8) is 0 Å². The van der Waals surface area contributed by atoms with Gasteiger partial charge in [0.15, 0.2) is 5.96 Å². The van der Waals surface area contributed by atoms with E-state index in [4.69, 9.17) is 0 Å². The van der Waals surface area contributed by atoms with Crippen LogP contribution in [0.5, 0.6) is 5.75 Å². The lowest BCUT2D eigenvalue weighted by Crippen LogP contribution is -2.51. The summed E-state index contributed by atoms with van der Waals surface area (Å²) in [4.78, 5) is 6.58. The SMILES string of the molecule is CN=C(NCCCCSC)NC1CCCN(c2ccc(OC(F)F)cc2)C1. The number of hydrogen-bond donors (Lipinski definition) is 2. The van der Waals surface area contributed by atoms with Gasteiger partial charge in [-0.15, -0.1) is 0 Å². The number of nitrogens with one attached hydrogen (secondary N) is 2. The van der Waals surface area contributed by atoms with Crippen LogP contribution in [0.3, 0.4) is 0 Å². The van der Waals surface area contributed by atoms with E-state index in [9.17, 15) is 8.78 Å². The van der Waals surface area contributed by atoms with Crippen LogP contribution in [0.15, 0.2) is 29.3 Å². The quantitative estimate of drug-likeness (QED) is 0.377. The van der Waals surface area contributed by atoms with E-state index in [0.717, 1.165) is 50.5 Å². The van der Waals surface area contributed by atoms with Gasteiger partial charge >= 0.3 is 6.61 Å². The molecule has 152 valence electrons. The molecular formula is C19H30F2N4OS. The minimum Gasteiger partial charge on any atom is -0.435 e. The van der Waals surface area contributed by atoms with Crippen LogP contribution in [-0.4, -0.2) is 57.3 Å². The van der Waals surface area contributed by atoms with Crippen LogP contribution in [-0.2, 0) is 0 Å². The second-order valence-electron chi connectivity index (χ2n) is 6.50. The Bertz CT molecular complexity index is 571. The van der Waals surface area contributed by atoms with Crippen molar-refractivity contribution in [3.8, 4) is 5.75 Å². The Kier molecular flexibility index (Phi) is 9.52. The largest absolute Gasteiger partial charge is 0.435 e. The lowest BCUT2D eigenvalue weighted by Gasteiger charge is -2.35. The number of alkyl halides is 2. The minimum absolute atomic E-state index is 0.187. The summed E-state index contributed by atoms with van der Waals surface area (Å²) in [5.41, 5.74) is 1.02. The maximum atomic E-state index is 12.3. The number of guanidine groups is 1. The van der Waals surface area contributed by atoms with E-state index in [0.29, 0.717) is 6.04 Å². The first-order valence-corrected chi connectivity index (χ1v) is 10.8. The van der Waals surface area contributed by atoms with Crippen molar-refractivity contribution in [1.29, 1.82) is 0 Å². The molecule has 8 heteroatoms. The molecule has 0 spiro atoms. The van der Waals surface area contributed by atoms with Crippen molar-refractivity contribution >= 4 is 23.4 Å². The van der Waals surface area contributed by atoms with Gasteiger partial charge in [-0.05, 0) is 62.0 Å². The number of piperidine rings is 1. The van der Waals surface area contributed by atoms with Gasteiger partial charge in [0.25, 0.3) is 0 Å². The zero-order valence-corrected chi connectivity index (χ0v) is 16.9. The Hall–Kier alpha value is -1.70. The summed E-state index contributed by atoms with van der Waals surface area (Å²) in [5.74, 6) is 2.21. The molecule has 2 rings (SSSR count). The number of thioether (sulfide) groups is 1. The van der Waals surface area contributed by atoms with Crippen molar-refractivity contribution in [1.82, 2.24) is 10.6 Å². The summed E-state index contributed by atoms with van der Waals surface area (Å²) in [5, 5.41) is 6.88. The number of halogens is 2. The molecule has 0 amide bonds. The van der Waals surface area contributed by atoms with Gasteiger partial charge in [-0.25, -0.2) is 0 Å². The second kappa shape index (κ2) is 11.9. The third kappa shape index (κ3) is 7.82. The Morgan fingerprint density at radius 3 is 2.78 bits per heavy atom. The highest BCUT2D eigenvalue weighted by Crippen LogP contribution is 2.23. The Labute approximate surface area is 164 Å². The maximum Gasteiger partial charge on any atom is 0.387 e. The van der Waals surface area contributed by atoms with Crippen LogP contribution in [0.2, 0.25) is 0 Å². The van der Waals surface area contributed by atoms with Crippen LogP contribution < -0.4 is 20.3 Å². The van der Waals surface area contributed by atoms with E-state index < -0.39 is 6.61 Å². The van der Waals surface area contributed by atoms with Gasteiger partial charge in [0.2, 0.25) is 0 Å². The summed E-state index contributed by atoms with van der Waals surface area (Å²) in [6.07, 6.45) is 6.61. The highest BCUT2D eigenvalue weighted by molar-refractivity contribution is 7.98. The monoisotopic (exact) mass is 400 g/mol. The lowest BCUT2D eigenvalue weighted by atomic mass is 10.0. The second-order valence-corrected chi connectivity index (χ2v) is 7.49. The van der Waals surface area contributed by atoms with Crippen molar-refractivity contribution < 1.29 is 13.5 Å². The fraction of sp³-hybridized carbons (Fsp3) is 0.632. The van der Waals surface area contributed by atoms with Crippen LogP contribution in [0.1, 0.15) is 25.7 Å². The number of rotatable bonds is 9. The van der Waals surface area contributed by atoms with Gasteiger partial charge < -0.3 is 20.3 Å². The first-order chi connectivity index (χ1) is 13.1. The Morgan fingerprint density at radius 1 is 1.33 bits per heavy atom. The first-order valence-electron chi connectivity index (χ1n) is 9.38.